The molecular weight excluding hydrogens is 616 g/mol. The van der Waals surface area contributed by atoms with E-state index in [4.69, 9.17) is 23.7 Å². The van der Waals surface area contributed by atoms with Crippen molar-refractivity contribution in [3.05, 3.63) is 77.9 Å². The van der Waals surface area contributed by atoms with Crippen LogP contribution in [0.1, 0.15) is 83.7 Å². The van der Waals surface area contributed by atoms with Gasteiger partial charge in [-0.15, -0.1) is 0 Å². The van der Waals surface area contributed by atoms with Crippen LogP contribution in [0.2, 0.25) is 0 Å². The number of rotatable bonds is 9. The average molecular weight is 663 g/mol. The number of carbonyl (C=O) groups is 4. The molecule has 1 spiro atoms. The largest absolute Gasteiger partial charge is 0.462 e. The summed E-state index contributed by atoms with van der Waals surface area (Å²) in [6.07, 6.45) is -1.10. The van der Waals surface area contributed by atoms with Gasteiger partial charge in [-0.3, -0.25) is 9.59 Å². The third kappa shape index (κ3) is 5.94. The zero-order valence-corrected chi connectivity index (χ0v) is 28.6. The van der Waals surface area contributed by atoms with Gasteiger partial charge in [-0.1, -0.05) is 62.4 Å². The molecule has 2 aromatic carbocycles. The highest BCUT2D eigenvalue weighted by Gasteiger charge is 2.85. The lowest BCUT2D eigenvalue weighted by Crippen LogP contribution is -2.81. The summed E-state index contributed by atoms with van der Waals surface area (Å²) in [4.78, 5) is 53.8. The van der Waals surface area contributed by atoms with E-state index in [9.17, 15) is 24.3 Å². The van der Waals surface area contributed by atoms with E-state index in [0.29, 0.717) is 6.42 Å². The molecule has 2 aliphatic carbocycles. The Morgan fingerprint density at radius 1 is 0.917 bits per heavy atom. The second kappa shape index (κ2) is 13.1. The molecule has 1 aliphatic heterocycles. The number of benzene rings is 2. The molecular formula is C38H46O10. The van der Waals surface area contributed by atoms with E-state index in [0.717, 1.165) is 5.56 Å². The highest BCUT2D eigenvalue weighted by molar-refractivity contribution is 5.90. The van der Waals surface area contributed by atoms with Crippen LogP contribution >= 0.6 is 0 Å². The Labute approximate surface area is 281 Å². The van der Waals surface area contributed by atoms with E-state index < -0.39 is 82.3 Å². The van der Waals surface area contributed by atoms with E-state index in [2.05, 4.69) is 0 Å². The van der Waals surface area contributed by atoms with Crippen molar-refractivity contribution < 1.29 is 48.0 Å². The molecule has 2 aromatic rings. The maximum Gasteiger partial charge on any atom is 0.338 e. The summed E-state index contributed by atoms with van der Waals surface area (Å²) in [5, 5.41) is 12.4. The van der Waals surface area contributed by atoms with Crippen molar-refractivity contribution in [3.8, 4) is 0 Å². The molecule has 1 heterocycles. The average Bonchev–Trinajstić information content (AvgIpc) is 3.26. The minimum Gasteiger partial charge on any atom is -0.462 e. The van der Waals surface area contributed by atoms with Crippen LogP contribution in [-0.2, 0) is 38.1 Å². The Bertz CT molecular complexity index is 1550. The highest BCUT2D eigenvalue weighted by Crippen LogP contribution is 2.69. The Morgan fingerprint density at radius 3 is 2.15 bits per heavy atom. The fourth-order valence-electron chi connectivity index (χ4n) is 8.13. The van der Waals surface area contributed by atoms with Gasteiger partial charge in [0.2, 0.25) is 0 Å². The van der Waals surface area contributed by atoms with Gasteiger partial charge in [-0.05, 0) is 70.7 Å². The highest BCUT2D eigenvalue weighted by atomic mass is 16.6. The fraction of sp³-hybridized carbons (Fsp3) is 0.526. The standard InChI is InChI=1S/C38H46O10/c1-8-23(2)33(41)46-31-29-30(45-28(40)20-19-25-15-11-9-12-16-25)32(47-34(42)26-17-13-10-14-18-26)37(7)27(44-24(3)39)21-22-36(6,43)38(31,37)48-35(29,4)5/h9-20,23,27,29-32,43H,8,21-22H2,1-7H3/b20-19+/t23?,27-,29+,30-,31+,32-,36-,37-,38-/m0/s1. The van der Waals surface area contributed by atoms with Crippen LogP contribution in [0.4, 0.5) is 0 Å². The van der Waals surface area contributed by atoms with Crippen molar-refractivity contribution >= 4 is 30.0 Å². The van der Waals surface area contributed by atoms with Crippen LogP contribution in [0, 0.1) is 17.3 Å². The van der Waals surface area contributed by atoms with Gasteiger partial charge < -0.3 is 28.8 Å². The summed E-state index contributed by atoms with van der Waals surface area (Å²) in [5.41, 5.74) is -5.23. The lowest BCUT2D eigenvalue weighted by Gasteiger charge is -2.65. The molecule has 1 saturated heterocycles. The van der Waals surface area contributed by atoms with Gasteiger partial charge in [0.1, 0.15) is 23.9 Å². The summed E-state index contributed by atoms with van der Waals surface area (Å²) in [7, 11) is 0. The summed E-state index contributed by atoms with van der Waals surface area (Å²) in [6.45, 7) is 11.7. The smallest absolute Gasteiger partial charge is 0.338 e. The molecule has 3 fully saturated rings. The molecule has 5 rings (SSSR count). The van der Waals surface area contributed by atoms with Crippen LogP contribution in [0.25, 0.3) is 6.08 Å². The van der Waals surface area contributed by atoms with E-state index >= 15 is 0 Å². The maximum absolute atomic E-state index is 13.9. The molecule has 2 bridgehead atoms. The number of hydrogen-bond acceptors (Lipinski definition) is 10. The number of fused-ring (bicyclic) bond motifs is 1. The number of ether oxygens (including phenoxy) is 5. The Balaban J connectivity index is 1.72. The Hall–Kier alpha value is -4.02. The van der Waals surface area contributed by atoms with Crippen LogP contribution in [0.5, 0.6) is 0 Å². The summed E-state index contributed by atoms with van der Waals surface area (Å²) >= 11 is 0. The lowest BCUT2D eigenvalue weighted by atomic mass is 9.47. The van der Waals surface area contributed by atoms with Crippen molar-refractivity contribution in [2.24, 2.45) is 17.3 Å². The van der Waals surface area contributed by atoms with Gasteiger partial charge in [0.05, 0.1) is 34.0 Å². The third-order valence-electron chi connectivity index (χ3n) is 10.6. The molecule has 2 saturated carbocycles. The van der Waals surface area contributed by atoms with Gasteiger partial charge >= 0.3 is 23.9 Å². The first kappa shape index (κ1) is 35.3. The molecule has 0 aromatic heterocycles. The zero-order chi connectivity index (χ0) is 35.1. The second-order valence-electron chi connectivity index (χ2n) is 14.2. The maximum atomic E-state index is 13.9. The molecule has 9 atom stereocenters. The Kier molecular flexibility index (Phi) is 9.65. The molecule has 1 N–H and O–H groups in total. The predicted octanol–water partition coefficient (Wildman–Crippen LogP) is 5.46. The van der Waals surface area contributed by atoms with Crippen molar-refractivity contribution in [1.29, 1.82) is 0 Å². The molecule has 10 nitrogen and oxygen atoms in total. The molecule has 258 valence electrons. The van der Waals surface area contributed by atoms with Crippen LogP contribution in [-0.4, -0.2) is 70.2 Å². The van der Waals surface area contributed by atoms with E-state index in [1.807, 2.05) is 37.3 Å². The summed E-state index contributed by atoms with van der Waals surface area (Å²) < 4.78 is 31.9. The topological polar surface area (TPSA) is 135 Å². The monoisotopic (exact) mass is 662 g/mol. The fourth-order valence-corrected chi connectivity index (χ4v) is 8.13. The van der Waals surface area contributed by atoms with E-state index in [1.165, 1.54) is 13.0 Å². The van der Waals surface area contributed by atoms with Gasteiger partial charge in [0.25, 0.3) is 0 Å². The van der Waals surface area contributed by atoms with Crippen molar-refractivity contribution in [3.63, 3.8) is 0 Å². The number of aliphatic hydroxyl groups is 1. The number of carbonyl (C=O) groups excluding carboxylic acids is 4. The lowest BCUT2D eigenvalue weighted by molar-refractivity contribution is -0.337. The van der Waals surface area contributed by atoms with Crippen LogP contribution in [0.15, 0.2) is 66.7 Å². The predicted molar refractivity (Wildman–Crippen MR) is 175 cm³/mol. The third-order valence-corrected chi connectivity index (χ3v) is 10.6. The van der Waals surface area contributed by atoms with Gasteiger partial charge in [-0.2, -0.15) is 0 Å². The first-order chi connectivity index (χ1) is 22.6. The summed E-state index contributed by atoms with van der Waals surface area (Å²) in [6, 6.07) is 17.5. The molecule has 1 unspecified atom stereocenters. The zero-order valence-electron chi connectivity index (χ0n) is 28.6. The minimum absolute atomic E-state index is 0.115. The molecule has 0 amide bonds. The SMILES string of the molecule is CCC(C)C(=O)O[C@@H]1[C@H]2[C@H](OC(=O)/C=C/c3ccccc3)[C@H](OC(=O)c3ccccc3)[C@]3(C)[C@@H](OC(C)=O)CC[C@](C)(O)[C@@]13OC2(C)C. The normalized spacial score (nSPS) is 34.0. The number of esters is 4. The first-order valence-electron chi connectivity index (χ1n) is 16.6. The molecule has 48 heavy (non-hydrogen) atoms. The van der Waals surface area contributed by atoms with Crippen molar-refractivity contribution in [1.82, 2.24) is 0 Å². The summed E-state index contributed by atoms with van der Waals surface area (Å²) in [5.74, 6) is -3.97. The minimum atomic E-state index is -1.76. The quantitative estimate of drug-likeness (QED) is 0.210. The van der Waals surface area contributed by atoms with E-state index in [-0.39, 0.29) is 18.4 Å². The number of hydrogen-bond donors (Lipinski definition) is 1. The van der Waals surface area contributed by atoms with Crippen LogP contribution in [0.3, 0.4) is 0 Å². The molecule has 0 radical (unpaired) electrons. The van der Waals surface area contributed by atoms with Crippen LogP contribution < -0.4 is 0 Å². The van der Waals surface area contributed by atoms with Gasteiger partial charge in [0.15, 0.2) is 6.10 Å². The molecule has 3 aliphatic rings. The second-order valence-corrected chi connectivity index (χ2v) is 14.2. The Morgan fingerprint density at radius 2 is 1.54 bits per heavy atom. The van der Waals surface area contributed by atoms with Crippen molar-refractivity contribution in [2.45, 2.75) is 109 Å². The van der Waals surface area contributed by atoms with Gasteiger partial charge in [0, 0.05) is 13.0 Å². The molecule has 10 heteroatoms. The van der Waals surface area contributed by atoms with Gasteiger partial charge in [-0.25, -0.2) is 9.59 Å². The van der Waals surface area contributed by atoms with E-state index in [1.54, 1.807) is 71.0 Å². The van der Waals surface area contributed by atoms with Crippen molar-refractivity contribution in [2.75, 3.05) is 0 Å². The first-order valence-corrected chi connectivity index (χ1v) is 16.6.